The van der Waals surface area contributed by atoms with Crippen molar-refractivity contribution in [2.24, 2.45) is 0 Å². The van der Waals surface area contributed by atoms with Crippen LogP contribution in [0.5, 0.6) is 5.75 Å². The highest BCUT2D eigenvalue weighted by Crippen LogP contribution is 2.31. The molecule has 0 aliphatic carbocycles. The van der Waals surface area contributed by atoms with Crippen LogP contribution < -0.4 is 10.1 Å². The van der Waals surface area contributed by atoms with Gasteiger partial charge in [-0.2, -0.15) is 0 Å². The third kappa shape index (κ3) is 1.68. The minimum atomic E-state index is -0.641. The lowest BCUT2D eigenvalue weighted by Crippen LogP contribution is -2.26. The van der Waals surface area contributed by atoms with Crippen LogP contribution in [0.25, 0.3) is 0 Å². The molecule has 0 unspecified atom stereocenters. The van der Waals surface area contributed by atoms with Crippen molar-refractivity contribution in [3.8, 4) is 5.75 Å². The van der Waals surface area contributed by atoms with Crippen LogP contribution in [0.2, 0.25) is 0 Å². The molecule has 1 amide bonds. The number of halogens is 1. The average Bonchev–Trinajstić information content (AvgIpc) is 2.16. The molecule has 0 saturated heterocycles. The first kappa shape index (κ1) is 9.64. The van der Waals surface area contributed by atoms with Crippen LogP contribution in [-0.2, 0) is 4.79 Å². The van der Waals surface area contributed by atoms with Crippen LogP contribution in [0, 0.1) is 5.82 Å². The first-order valence-electron chi connectivity index (χ1n) is 4.35. The van der Waals surface area contributed by atoms with Crippen LogP contribution in [0.3, 0.4) is 0 Å². The Hall–Kier alpha value is -1.91. The molecule has 0 saturated carbocycles. The Morgan fingerprint density at radius 1 is 1.53 bits per heavy atom. The number of anilines is 1. The summed E-state index contributed by atoms with van der Waals surface area (Å²) in [5, 5.41) is 2.44. The Morgan fingerprint density at radius 3 is 2.93 bits per heavy atom. The summed E-state index contributed by atoms with van der Waals surface area (Å²) in [4.78, 5) is 22.0. The summed E-state index contributed by atoms with van der Waals surface area (Å²) < 4.78 is 18.3. The zero-order chi connectivity index (χ0) is 11.0. The van der Waals surface area contributed by atoms with Gasteiger partial charge in [-0.1, -0.05) is 0 Å². The van der Waals surface area contributed by atoms with Gasteiger partial charge in [-0.15, -0.1) is 0 Å². The van der Waals surface area contributed by atoms with Crippen LogP contribution in [0.4, 0.5) is 10.1 Å². The van der Waals surface area contributed by atoms with E-state index in [1.54, 1.807) is 0 Å². The highest BCUT2D eigenvalue weighted by atomic mass is 19.1. The van der Waals surface area contributed by atoms with E-state index in [9.17, 15) is 14.0 Å². The van der Waals surface area contributed by atoms with Crippen molar-refractivity contribution < 1.29 is 18.7 Å². The molecule has 0 spiro atoms. The molecule has 1 heterocycles. The van der Waals surface area contributed by atoms with Gasteiger partial charge in [0.25, 0.3) is 5.91 Å². The number of carbonyl (C=O) groups excluding carboxylic acids is 2. The van der Waals surface area contributed by atoms with Gasteiger partial charge in [-0.3, -0.25) is 9.59 Å². The first-order chi connectivity index (χ1) is 7.08. The van der Waals surface area contributed by atoms with E-state index in [1.807, 2.05) is 0 Å². The lowest BCUT2D eigenvalue weighted by molar-refractivity contribution is -0.118. The third-order valence-electron chi connectivity index (χ3n) is 2.07. The molecular formula is C10H8FNO3. The maximum absolute atomic E-state index is 13.4. The number of ketones is 1. The van der Waals surface area contributed by atoms with E-state index < -0.39 is 5.82 Å². The maximum Gasteiger partial charge on any atom is 0.262 e. The van der Waals surface area contributed by atoms with E-state index in [0.29, 0.717) is 0 Å². The maximum atomic E-state index is 13.4. The molecule has 15 heavy (non-hydrogen) atoms. The third-order valence-corrected chi connectivity index (χ3v) is 2.07. The monoisotopic (exact) mass is 209 g/mol. The fourth-order valence-corrected chi connectivity index (χ4v) is 1.36. The van der Waals surface area contributed by atoms with E-state index in [1.165, 1.54) is 13.0 Å². The number of carbonyl (C=O) groups is 2. The first-order valence-corrected chi connectivity index (χ1v) is 4.35. The minimum Gasteiger partial charge on any atom is -0.478 e. The average molecular weight is 209 g/mol. The van der Waals surface area contributed by atoms with Crippen molar-refractivity contribution in [1.29, 1.82) is 0 Å². The Morgan fingerprint density at radius 2 is 2.27 bits per heavy atom. The van der Waals surface area contributed by atoms with Gasteiger partial charge in [0, 0.05) is 5.56 Å². The number of benzene rings is 1. The number of amides is 1. The SMILES string of the molecule is CC(=O)c1cc(F)c2c(c1)NC(=O)CO2. The topological polar surface area (TPSA) is 55.4 Å². The normalized spacial score (nSPS) is 13.9. The fourth-order valence-electron chi connectivity index (χ4n) is 1.36. The smallest absolute Gasteiger partial charge is 0.262 e. The summed E-state index contributed by atoms with van der Waals surface area (Å²) in [5.41, 5.74) is 0.411. The molecule has 1 aromatic rings. The summed E-state index contributed by atoms with van der Waals surface area (Å²) in [6.45, 7) is 1.12. The summed E-state index contributed by atoms with van der Waals surface area (Å²) in [7, 11) is 0. The molecule has 2 rings (SSSR count). The van der Waals surface area contributed by atoms with Crippen LogP contribution >= 0.6 is 0 Å². The van der Waals surface area contributed by atoms with Gasteiger partial charge in [0.05, 0.1) is 5.69 Å². The number of fused-ring (bicyclic) bond motifs is 1. The Labute approximate surface area is 85.0 Å². The van der Waals surface area contributed by atoms with E-state index >= 15 is 0 Å². The van der Waals surface area contributed by atoms with E-state index in [2.05, 4.69) is 5.32 Å². The molecule has 78 valence electrons. The summed E-state index contributed by atoms with van der Waals surface area (Å²) >= 11 is 0. The zero-order valence-electron chi connectivity index (χ0n) is 7.96. The molecule has 0 fully saturated rings. The van der Waals surface area contributed by atoms with Gasteiger partial charge < -0.3 is 10.1 Å². The number of nitrogens with one attached hydrogen (secondary N) is 1. The summed E-state index contributed by atoms with van der Waals surface area (Å²) in [5.74, 6) is -1.28. The largest absolute Gasteiger partial charge is 0.478 e. The van der Waals surface area contributed by atoms with Crippen LogP contribution in [0.15, 0.2) is 12.1 Å². The molecule has 4 nitrogen and oxygen atoms in total. The van der Waals surface area contributed by atoms with Crippen molar-refractivity contribution in [1.82, 2.24) is 0 Å². The summed E-state index contributed by atoms with van der Waals surface area (Å²) in [6.07, 6.45) is 0. The molecule has 1 aliphatic rings. The van der Waals surface area contributed by atoms with Crippen LogP contribution in [-0.4, -0.2) is 18.3 Å². The predicted molar refractivity (Wildman–Crippen MR) is 50.5 cm³/mol. The van der Waals surface area contributed by atoms with E-state index in [-0.39, 0.29) is 35.3 Å². The molecule has 1 N–H and O–H groups in total. The van der Waals surface area contributed by atoms with Gasteiger partial charge in [-0.05, 0) is 19.1 Å². The lowest BCUT2D eigenvalue weighted by Gasteiger charge is -2.18. The van der Waals surface area contributed by atoms with E-state index in [4.69, 9.17) is 4.74 Å². The second-order valence-electron chi connectivity index (χ2n) is 3.23. The quantitative estimate of drug-likeness (QED) is 0.710. The Kier molecular flexibility index (Phi) is 2.15. The Balaban J connectivity index is 2.53. The zero-order valence-corrected chi connectivity index (χ0v) is 7.96. The molecule has 1 aliphatic heterocycles. The number of hydrogen-bond donors (Lipinski definition) is 1. The second-order valence-corrected chi connectivity index (χ2v) is 3.23. The van der Waals surface area contributed by atoms with Gasteiger partial charge >= 0.3 is 0 Å². The lowest BCUT2D eigenvalue weighted by atomic mass is 10.1. The standard InChI is InChI=1S/C10H8FNO3/c1-5(13)6-2-7(11)10-8(3-6)12-9(14)4-15-10/h2-3H,4H2,1H3,(H,12,14). The highest BCUT2D eigenvalue weighted by molar-refractivity contribution is 5.99. The van der Waals surface area contributed by atoms with Crippen LogP contribution in [0.1, 0.15) is 17.3 Å². The van der Waals surface area contributed by atoms with Crippen molar-refractivity contribution in [3.05, 3.63) is 23.5 Å². The van der Waals surface area contributed by atoms with Gasteiger partial charge in [0.1, 0.15) is 0 Å². The van der Waals surface area contributed by atoms with Crippen molar-refractivity contribution in [2.45, 2.75) is 6.92 Å². The molecular weight excluding hydrogens is 201 g/mol. The number of hydrogen-bond acceptors (Lipinski definition) is 3. The minimum absolute atomic E-state index is 0.0143. The second kappa shape index (κ2) is 3.34. The number of rotatable bonds is 1. The molecule has 0 radical (unpaired) electrons. The number of ether oxygens (including phenoxy) is 1. The predicted octanol–water partition coefficient (Wildman–Crippen LogP) is 1.36. The Bertz CT molecular complexity index is 456. The van der Waals surface area contributed by atoms with Crippen molar-refractivity contribution in [3.63, 3.8) is 0 Å². The van der Waals surface area contributed by atoms with Crippen molar-refractivity contribution in [2.75, 3.05) is 11.9 Å². The molecule has 0 aromatic heterocycles. The van der Waals surface area contributed by atoms with Gasteiger partial charge in [0.2, 0.25) is 0 Å². The van der Waals surface area contributed by atoms with Gasteiger partial charge in [0.15, 0.2) is 24.0 Å². The fraction of sp³-hybridized carbons (Fsp3) is 0.200. The summed E-state index contributed by atoms with van der Waals surface area (Å²) in [6, 6.07) is 2.50. The molecule has 0 bridgehead atoms. The molecule has 1 aromatic carbocycles. The van der Waals surface area contributed by atoms with Crippen molar-refractivity contribution >= 4 is 17.4 Å². The molecule has 0 atom stereocenters. The highest BCUT2D eigenvalue weighted by Gasteiger charge is 2.21. The number of Topliss-reactive ketones (excluding diaryl/α,β-unsaturated/α-hetero) is 1. The van der Waals surface area contributed by atoms with Gasteiger partial charge in [-0.25, -0.2) is 4.39 Å². The van der Waals surface area contributed by atoms with E-state index in [0.717, 1.165) is 6.07 Å². The molecule has 5 heteroatoms.